The molecule has 1 saturated heterocycles. The van der Waals surface area contributed by atoms with Gasteiger partial charge < -0.3 is 10.6 Å². The van der Waals surface area contributed by atoms with Crippen molar-refractivity contribution < 1.29 is 19.3 Å². The van der Waals surface area contributed by atoms with Crippen LogP contribution in [0.4, 0.5) is 16.2 Å². The van der Waals surface area contributed by atoms with E-state index in [0.29, 0.717) is 18.4 Å². The number of hydrogen-bond acceptors (Lipinski definition) is 5. The summed E-state index contributed by atoms with van der Waals surface area (Å²) in [5.74, 6) is -1.12. The highest BCUT2D eigenvalue weighted by atomic mass is 16.6. The van der Waals surface area contributed by atoms with Gasteiger partial charge in [-0.2, -0.15) is 0 Å². The first-order chi connectivity index (χ1) is 14.3. The number of amides is 4. The fraction of sp³-hybridized carbons (Fsp3) is 0.286. The molecule has 0 spiro atoms. The Hall–Kier alpha value is -3.75. The first-order valence-corrected chi connectivity index (χ1v) is 9.53. The van der Waals surface area contributed by atoms with Crippen molar-refractivity contribution >= 4 is 29.2 Å². The Morgan fingerprint density at radius 1 is 1.17 bits per heavy atom. The zero-order valence-electron chi connectivity index (χ0n) is 16.7. The standard InChI is InChI=1S/C21H22N4O5/c1-3-12-21(15-8-5-4-6-9-15)19(27)24(20(28)23-21)13-18(26)22-16-10-7-11-17(14(16)2)25(29)30/h4-11H,3,12-13H2,1-2H3,(H,22,26)(H,23,28). The van der Waals surface area contributed by atoms with Crippen molar-refractivity contribution in [1.82, 2.24) is 10.2 Å². The number of nitro groups is 1. The molecule has 1 aliphatic rings. The summed E-state index contributed by atoms with van der Waals surface area (Å²) in [6.07, 6.45) is 1.04. The molecule has 1 heterocycles. The van der Waals surface area contributed by atoms with E-state index in [9.17, 15) is 24.5 Å². The van der Waals surface area contributed by atoms with Crippen molar-refractivity contribution in [3.63, 3.8) is 0 Å². The average molecular weight is 410 g/mol. The summed E-state index contributed by atoms with van der Waals surface area (Å²) in [6.45, 7) is 2.93. The van der Waals surface area contributed by atoms with Gasteiger partial charge in [0.15, 0.2) is 0 Å². The minimum absolute atomic E-state index is 0.131. The Labute approximate surface area is 173 Å². The molecule has 4 amide bonds. The molecule has 1 unspecified atom stereocenters. The molecule has 1 aliphatic heterocycles. The summed E-state index contributed by atoms with van der Waals surface area (Å²) < 4.78 is 0. The van der Waals surface area contributed by atoms with Crippen LogP contribution in [0.3, 0.4) is 0 Å². The van der Waals surface area contributed by atoms with Crippen molar-refractivity contribution in [2.24, 2.45) is 0 Å². The van der Waals surface area contributed by atoms with E-state index in [4.69, 9.17) is 0 Å². The number of carbonyl (C=O) groups is 3. The second kappa shape index (κ2) is 8.32. The highest BCUT2D eigenvalue weighted by Gasteiger charge is 2.52. The summed E-state index contributed by atoms with van der Waals surface area (Å²) in [5.41, 5.74) is -0.146. The van der Waals surface area contributed by atoms with Gasteiger partial charge >= 0.3 is 6.03 Å². The third-order valence-electron chi connectivity index (χ3n) is 5.15. The summed E-state index contributed by atoms with van der Waals surface area (Å²) in [7, 11) is 0. The van der Waals surface area contributed by atoms with E-state index in [0.717, 1.165) is 4.90 Å². The topological polar surface area (TPSA) is 122 Å². The van der Waals surface area contributed by atoms with E-state index in [2.05, 4.69) is 10.6 Å². The summed E-state index contributed by atoms with van der Waals surface area (Å²) in [6, 6.07) is 12.6. The molecule has 0 aliphatic carbocycles. The highest BCUT2D eigenvalue weighted by molar-refractivity contribution is 6.10. The number of imide groups is 1. The summed E-state index contributed by atoms with van der Waals surface area (Å²) in [5, 5.41) is 16.4. The fourth-order valence-corrected chi connectivity index (χ4v) is 3.67. The third kappa shape index (κ3) is 3.73. The third-order valence-corrected chi connectivity index (χ3v) is 5.15. The van der Waals surface area contributed by atoms with Gasteiger partial charge in [0.1, 0.15) is 12.1 Å². The molecular weight excluding hydrogens is 388 g/mol. The predicted octanol–water partition coefficient (Wildman–Crippen LogP) is 3.09. The lowest BCUT2D eigenvalue weighted by atomic mass is 9.85. The van der Waals surface area contributed by atoms with Crippen LogP contribution in [0.2, 0.25) is 0 Å². The van der Waals surface area contributed by atoms with Gasteiger partial charge in [-0.3, -0.25) is 24.6 Å². The second-order valence-electron chi connectivity index (χ2n) is 7.10. The van der Waals surface area contributed by atoms with Crippen LogP contribution >= 0.6 is 0 Å². The molecule has 9 nitrogen and oxygen atoms in total. The maximum absolute atomic E-state index is 13.2. The molecule has 0 bridgehead atoms. The molecule has 2 aromatic rings. The van der Waals surface area contributed by atoms with Crippen LogP contribution in [0.25, 0.3) is 0 Å². The van der Waals surface area contributed by atoms with Crippen LogP contribution in [0.15, 0.2) is 48.5 Å². The van der Waals surface area contributed by atoms with E-state index in [-0.39, 0.29) is 16.9 Å². The number of benzene rings is 2. The Morgan fingerprint density at radius 3 is 2.50 bits per heavy atom. The van der Waals surface area contributed by atoms with Crippen molar-refractivity contribution in [2.75, 3.05) is 11.9 Å². The Bertz CT molecular complexity index is 1010. The molecule has 1 fully saturated rings. The Morgan fingerprint density at radius 2 is 1.87 bits per heavy atom. The molecule has 3 rings (SSSR count). The van der Waals surface area contributed by atoms with Crippen LogP contribution < -0.4 is 10.6 Å². The van der Waals surface area contributed by atoms with Crippen molar-refractivity contribution in [3.05, 3.63) is 69.8 Å². The highest BCUT2D eigenvalue weighted by Crippen LogP contribution is 2.33. The van der Waals surface area contributed by atoms with Gasteiger partial charge in [-0.25, -0.2) is 4.79 Å². The average Bonchev–Trinajstić information content (AvgIpc) is 2.95. The van der Waals surface area contributed by atoms with Crippen molar-refractivity contribution in [3.8, 4) is 0 Å². The quantitative estimate of drug-likeness (QED) is 0.413. The van der Waals surface area contributed by atoms with Gasteiger partial charge in [0.25, 0.3) is 11.6 Å². The smallest absolute Gasteiger partial charge is 0.324 e. The first-order valence-electron chi connectivity index (χ1n) is 9.53. The second-order valence-corrected chi connectivity index (χ2v) is 7.10. The molecular formula is C21H22N4O5. The monoisotopic (exact) mass is 410 g/mol. The van der Waals surface area contributed by atoms with Crippen LogP contribution in [0, 0.1) is 17.0 Å². The van der Waals surface area contributed by atoms with Gasteiger partial charge in [-0.1, -0.05) is 49.7 Å². The van der Waals surface area contributed by atoms with E-state index >= 15 is 0 Å². The van der Waals surface area contributed by atoms with Crippen LogP contribution in [0.5, 0.6) is 0 Å². The maximum Gasteiger partial charge on any atom is 0.325 e. The number of nitrogens with one attached hydrogen (secondary N) is 2. The van der Waals surface area contributed by atoms with Crippen LogP contribution in [0.1, 0.15) is 30.9 Å². The Kier molecular flexibility index (Phi) is 5.81. The van der Waals surface area contributed by atoms with Crippen molar-refractivity contribution in [1.29, 1.82) is 0 Å². The van der Waals surface area contributed by atoms with Gasteiger partial charge in [-0.05, 0) is 25.0 Å². The number of nitro benzene ring substituents is 1. The van der Waals surface area contributed by atoms with Gasteiger partial charge in [0.05, 0.1) is 16.2 Å². The SMILES string of the molecule is CCCC1(c2ccccc2)NC(=O)N(CC(=O)Nc2cccc([N+](=O)[O-])c2C)C1=O. The fourth-order valence-electron chi connectivity index (χ4n) is 3.67. The van der Waals surface area contributed by atoms with E-state index < -0.39 is 34.9 Å². The minimum atomic E-state index is -1.21. The lowest BCUT2D eigenvalue weighted by molar-refractivity contribution is -0.385. The van der Waals surface area contributed by atoms with Gasteiger partial charge in [0.2, 0.25) is 5.91 Å². The number of rotatable bonds is 7. The number of anilines is 1. The molecule has 2 N–H and O–H groups in total. The molecule has 0 aromatic heterocycles. The van der Waals surface area contributed by atoms with Gasteiger partial charge in [-0.15, -0.1) is 0 Å². The maximum atomic E-state index is 13.2. The Balaban J connectivity index is 1.81. The number of hydrogen-bond donors (Lipinski definition) is 2. The molecule has 0 radical (unpaired) electrons. The molecule has 0 saturated carbocycles. The molecule has 9 heteroatoms. The largest absolute Gasteiger partial charge is 0.325 e. The van der Waals surface area contributed by atoms with Crippen LogP contribution in [-0.2, 0) is 15.1 Å². The molecule has 1 atom stereocenters. The van der Waals surface area contributed by atoms with E-state index in [1.165, 1.54) is 25.1 Å². The van der Waals surface area contributed by atoms with Crippen LogP contribution in [-0.4, -0.2) is 34.2 Å². The van der Waals surface area contributed by atoms with E-state index in [1.54, 1.807) is 24.3 Å². The first kappa shape index (κ1) is 21.0. The van der Waals surface area contributed by atoms with E-state index in [1.807, 2.05) is 13.0 Å². The van der Waals surface area contributed by atoms with Crippen molar-refractivity contribution in [2.45, 2.75) is 32.2 Å². The zero-order chi connectivity index (χ0) is 21.9. The minimum Gasteiger partial charge on any atom is -0.324 e. The number of nitrogens with zero attached hydrogens (tertiary/aromatic N) is 2. The molecule has 30 heavy (non-hydrogen) atoms. The lowest BCUT2D eigenvalue weighted by Gasteiger charge is -2.26. The predicted molar refractivity (Wildman–Crippen MR) is 110 cm³/mol. The lowest BCUT2D eigenvalue weighted by Crippen LogP contribution is -2.44. The normalized spacial score (nSPS) is 18.3. The summed E-state index contributed by atoms with van der Waals surface area (Å²) >= 11 is 0. The van der Waals surface area contributed by atoms with Gasteiger partial charge in [0, 0.05) is 6.07 Å². The number of carbonyl (C=O) groups excluding carboxylic acids is 3. The molecule has 2 aromatic carbocycles. The summed E-state index contributed by atoms with van der Waals surface area (Å²) in [4.78, 5) is 49.7. The number of urea groups is 1. The molecule has 156 valence electrons. The zero-order valence-corrected chi connectivity index (χ0v) is 16.7.